The minimum atomic E-state index is -0.505. The summed E-state index contributed by atoms with van der Waals surface area (Å²) in [5.41, 5.74) is 3.88. The van der Waals surface area contributed by atoms with Crippen LogP contribution >= 0.6 is 0 Å². The first-order chi connectivity index (χ1) is 10.1. The number of hydrogen-bond donors (Lipinski definition) is 1. The standard InChI is InChI=1S/C18H27NO2/c1-5-9-19(13-18(20)14-21-10-6-2)12-17-11-15(3)7-8-16(17)4/h2,7-8,11,18,20H,5,9-10,12-14H2,1,3-4H3/t18-/m1/s1. The van der Waals surface area contributed by atoms with Crippen molar-refractivity contribution in [3.8, 4) is 12.3 Å². The highest BCUT2D eigenvalue weighted by Crippen LogP contribution is 2.14. The van der Waals surface area contributed by atoms with Gasteiger partial charge >= 0.3 is 0 Å². The van der Waals surface area contributed by atoms with E-state index in [1.165, 1.54) is 16.7 Å². The Bertz CT molecular complexity index is 465. The van der Waals surface area contributed by atoms with E-state index in [0.717, 1.165) is 19.5 Å². The first kappa shape index (κ1) is 17.7. The van der Waals surface area contributed by atoms with Crippen LogP contribution < -0.4 is 0 Å². The van der Waals surface area contributed by atoms with Gasteiger partial charge in [-0.15, -0.1) is 6.42 Å². The highest BCUT2D eigenvalue weighted by Gasteiger charge is 2.13. The van der Waals surface area contributed by atoms with Crippen LogP contribution in [0.3, 0.4) is 0 Å². The van der Waals surface area contributed by atoms with E-state index in [-0.39, 0.29) is 13.2 Å². The maximum absolute atomic E-state index is 10.0. The van der Waals surface area contributed by atoms with Crippen LogP contribution in [-0.4, -0.2) is 42.4 Å². The number of hydrogen-bond acceptors (Lipinski definition) is 3. The number of benzene rings is 1. The smallest absolute Gasteiger partial charge is 0.107 e. The second-order valence-corrected chi connectivity index (χ2v) is 5.54. The molecule has 3 nitrogen and oxygen atoms in total. The number of aryl methyl sites for hydroxylation is 2. The van der Waals surface area contributed by atoms with Crippen LogP contribution in [0.15, 0.2) is 18.2 Å². The van der Waals surface area contributed by atoms with E-state index in [4.69, 9.17) is 11.2 Å². The Kier molecular flexibility index (Phi) is 8.07. The zero-order valence-corrected chi connectivity index (χ0v) is 13.4. The Balaban J connectivity index is 2.60. The minimum absolute atomic E-state index is 0.252. The molecule has 0 fully saturated rings. The van der Waals surface area contributed by atoms with Crippen molar-refractivity contribution in [2.45, 2.75) is 39.8 Å². The molecule has 0 aliphatic rings. The fraction of sp³-hybridized carbons (Fsp3) is 0.556. The third-order valence-electron chi connectivity index (χ3n) is 3.40. The number of ether oxygens (including phenoxy) is 1. The molecule has 0 amide bonds. The first-order valence-corrected chi connectivity index (χ1v) is 7.54. The molecule has 0 aliphatic heterocycles. The fourth-order valence-corrected chi connectivity index (χ4v) is 2.37. The van der Waals surface area contributed by atoms with Gasteiger partial charge in [0.05, 0.1) is 12.7 Å². The first-order valence-electron chi connectivity index (χ1n) is 7.54. The van der Waals surface area contributed by atoms with Crippen molar-refractivity contribution in [1.82, 2.24) is 4.90 Å². The predicted octanol–water partition coefficient (Wildman–Crippen LogP) is 2.53. The lowest BCUT2D eigenvalue weighted by atomic mass is 10.0. The maximum atomic E-state index is 10.0. The second kappa shape index (κ2) is 9.57. The van der Waals surface area contributed by atoms with E-state index in [1.54, 1.807) is 0 Å². The lowest BCUT2D eigenvalue weighted by Gasteiger charge is -2.25. The van der Waals surface area contributed by atoms with E-state index in [2.05, 4.69) is 49.8 Å². The summed E-state index contributed by atoms with van der Waals surface area (Å²) < 4.78 is 5.20. The fourth-order valence-electron chi connectivity index (χ4n) is 2.37. The number of aliphatic hydroxyl groups is 1. The van der Waals surface area contributed by atoms with Gasteiger partial charge in [0.2, 0.25) is 0 Å². The van der Waals surface area contributed by atoms with E-state index < -0.39 is 6.10 Å². The van der Waals surface area contributed by atoms with Crippen LogP contribution in [0, 0.1) is 26.2 Å². The van der Waals surface area contributed by atoms with Crippen LogP contribution in [-0.2, 0) is 11.3 Å². The number of terminal acetylenes is 1. The predicted molar refractivity (Wildman–Crippen MR) is 87.1 cm³/mol. The van der Waals surface area contributed by atoms with Crippen molar-refractivity contribution in [1.29, 1.82) is 0 Å². The van der Waals surface area contributed by atoms with Crippen LogP contribution in [0.1, 0.15) is 30.0 Å². The van der Waals surface area contributed by atoms with Gasteiger partial charge in [-0.1, -0.05) is 36.6 Å². The Morgan fingerprint density at radius 3 is 2.81 bits per heavy atom. The van der Waals surface area contributed by atoms with Gasteiger partial charge in [-0.3, -0.25) is 4.90 Å². The van der Waals surface area contributed by atoms with E-state index in [9.17, 15) is 5.11 Å². The molecule has 1 aromatic rings. The van der Waals surface area contributed by atoms with Crippen molar-refractivity contribution in [3.63, 3.8) is 0 Å². The molecule has 1 aromatic carbocycles. The summed E-state index contributed by atoms with van der Waals surface area (Å²) in [4.78, 5) is 2.27. The average Bonchev–Trinajstić information content (AvgIpc) is 2.43. The van der Waals surface area contributed by atoms with E-state index in [1.807, 2.05) is 0 Å². The third-order valence-corrected chi connectivity index (χ3v) is 3.40. The largest absolute Gasteiger partial charge is 0.389 e. The third kappa shape index (κ3) is 6.77. The second-order valence-electron chi connectivity index (χ2n) is 5.54. The van der Waals surface area contributed by atoms with Gasteiger partial charge in [-0.25, -0.2) is 0 Å². The molecule has 116 valence electrons. The lowest BCUT2D eigenvalue weighted by Crippen LogP contribution is -2.35. The van der Waals surface area contributed by atoms with Gasteiger partial charge in [0.1, 0.15) is 6.61 Å². The Morgan fingerprint density at radius 1 is 1.38 bits per heavy atom. The molecular formula is C18H27NO2. The summed E-state index contributed by atoms with van der Waals surface area (Å²) in [5.74, 6) is 2.41. The molecule has 0 spiro atoms. The van der Waals surface area contributed by atoms with Gasteiger partial charge in [0.15, 0.2) is 0 Å². The number of aliphatic hydroxyl groups excluding tert-OH is 1. The number of rotatable bonds is 9. The summed E-state index contributed by atoms with van der Waals surface area (Å²) in [6, 6.07) is 6.51. The molecule has 0 heterocycles. The summed E-state index contributed by atoms with van der Waals surface area (Å²) in [6.07, 6.45) is 5.68. The molecule has 0 aliphatic carbocycles. The molecule has 0 saturated heterocycles. The van der Waals surface area contributed by atoms with Crippen LogP contribution in [0.2, 0.25) is 0 Å². The Labute approximate surface area is 128 Å². The topological polar surface area (TPSA) is 32.7 Å². The van der Waals surface area contributed by atoms with Gasteiger partial charge < -0.3 is 9.84 Å². The molecule has 0 radical (unpaired) electrons. The summed E-state index contributed by atoms with van der Waals surface area (Å²) in [7, 11) is 0. The van der Waals surface area contributed by atoms with Crippen molar-refractivity contribution >= 4 is 0 Å². The van der Waals surface area contributed by atoms with E-state index in [0.29, 0.717) is 6.54 Å². The van der Waals surface area contributed by atoms with Crippen molar-refractivity contribution < 1.29 is 9.84 Å². The molecule has 1 N–H and O–H groups in total. The molecule has 0 aromatic heterocycles. The van der Waals surface area contributed by atoms with Gasteiger partial charge in [-0.2, -0.15) is 0 Å². The molecule has 0 saturated carbocycles. The Hall–Kier alpha value is -1.34. The molecular weight excluding hydrogens is 262 g/mol. The van der Waals surface area contributed by atoms with Gasteiger partial charge in [0.25, 0.3) is 0 Å². The van der Waals surface area contributed by atoms with Crippen molar-refractivity contribution in [2.75, 3.05) is 26.3 Å². The monoisotopic (exact) mass is 289 g/mol. The quantitative estimate of drug-likeness (QED) is 0.560. The van der Waals surface area contributed by atoms with E-state index >= 15 is 0 Å². The van der Waals surface area contributed by atoms with Crippen LogP contribution in [0.25, 0.3) is 0 Å². The zero-order valence-electron chi connectivity index (χ0n) is 13.4. The molecule has 0 bridgehead atoms. The summed E-state index contributed by atoms with van der Waals surface area (Å²) >= 11 is 0. The van der Waals surface area contributed by atoms with Crippen molar-refractivity contribution in [3.05, 3.63) is 34.9 Å². The average molecular weight is 289 g/mol. The molecule has 1 rings (SSSR count). The SMILES string of the molecule is C#CCOC[C@H](O)CN(CCC)Cc1cc(C)ccc1C. The normalized spacial score (nSPS) is 12.4. The molecule has 1 atom stereocenters. The minimum Gasteiger partial charge on any atom is -0.389 e. The number of nitrogens with zero attached hydrogens (tertiary/aromatic N) is 1. The maximum Gasteiger partial charge on any atom is 0.107 e. The van der Waals surface area contributed by atoms with Gasteiger partial charge in [-0.05, 0) is 37.9 Å². The van der Waals surface area contributed by atoms with Crippen LogP contribution in [0.4, 0.5) is 0 Å². The highest BCUT2D eigenvalue weighted by molar-refractivity contribution is 5.30. The molecule has 3 heteroatoms. The van der Waals surface area contributed by atoms with Crippen molar-refractivity contribution in [2.24, 2.45) is 0 Å². The molecule has 0 unspecified atom stereocenters. The summed E-state index contributed by atoms with van der Waals surface area (Å²) in [5, 5.41) is 10.0. The molecule has 21 heavy (non-hydrogen) atoms. The highest BCUT2D eigenvalue weighted by atomic mass is 16.5. The summed E-state index contributed by atoms with van der Waals surface area (Å²) in [6.45, 7) is 9.34. The lowest BCUT2D eigenvalue weighted by molar-refractivity contribution is 0.0261. The Morgan fingerprint density at radius 2 is 2.14 bits per heavy atom. The zero-order chi connectivity index (χ0) is 15.7. The van der Waals surface area contributed by atoms with Gasteiger partial charge in [0, 0.05) is 13.1 Å². The van der Waals surface area contributed by atoms with Crippen LogP contribution in [0.5, 0.6) is 0 Å².